The fraction of sp³-hybridized carbons (Fsp3) is 0.0870. The van der Waals surface area contributed by atoms with E-state index in [1.807, 2.05) is 43.3 Å². The number of carbonyl (C=O) groups excluding carboxylic acids is 1. The lowest BCUT2D eigenvalue weighted by Crippen LogP contribution is -2.11. The van der Waals surface area contributed by atoms with Gasteiger partial charge >= 0.3 is 0 Å². The highest BCUT2D eigenvalue weighted by Gasteiger charge is 2.11. The molecule has 29 heavy (non-hydrogen) atoms. The van der Waals surface area contributed by atoms with Crippen molar-refractivity contribution in [2.75, 3.05) is 12.4 Å². The number of amides is 1. The van der Waals surface area contributed by atoms with Gasteiger partial charge in [-0.2, -0.15) is 4.98 Å². The summed E-state index contributed by atoms with van der Waals surface area (Å²) in [4.78, 5) is 16.8. The molecule has 0 bridgehead atoms. The standard InChI is InChI=1S/C23H19N3O3/c1-15-3-5-16(6-4-15)21-25-23(29-26-21)18-7-11-19(12-8-18)24-22(27)17-9-13-20(28-2)14-10-17/h3-14H,1-2H3,(H,24,27). The van der Waals surface area contributed by atoms with Gasteiger partial charge in [0.25, 0.3) is 11.8 Å². The first-order chi connectivity index (χ1) is 14.1. The van der Waals surface area contributed by atoms with Crippen LogP contribution in [-0.4, -0.2) is 23.2 Å². The Labute approximate surface area is 168 Å². The molecule has 1 amide bonds. The van der Waals surface area contributed by atoms with E-state index in [0.29, 0.717) is 28.7 Å². The molecule has 0 saturated heterocycles. The number of nitrogens with one attached hydrogen (secondary N) is 1. The minimum atomic E-state index is -0.195. The number of nitrogens with zero attached hydrogens (tertiary/aromatic N) is 2. The van der Waals surface area contributed by atoms with Crippen LogP contribution >= 0.6 is 0 Å². The van der Waals surface area contributed by atoms with Gasteiger partial charge in [0.05, 0.1) is 7.11 Å². The number of anilines is 1. The average molecular weight is 385 g/mol. The van der Waals surface area contributed by atoms with Crippen molar-refractivity contribution in [2.45, 2.75) is 6.92 Å². The summed E-state index contributed by atoms with van der Waals surface area (Å²) in [6.45, 7) is 2.03. The number of methoxy groups -OCH3 is 1. The number of carbonyl (C=O) groups is 1. The predicted octanol–water partition coefficient (Wildman–Crippen LogP) is 4.97. The molecule has 1 aromatic heterocycles. The monoisotopic (exact) mass is 385 g/mol. The van der Waals surface area contributed by atoms with E-state index in [2.05, 4.69) is 15.5 Å². The third-order valence-electron chi connectivity index (χ3n) is 4.48. The van der Waals surface area contributed by atoms with Crippen molar-refractivity contribution in [3.8, 4) is 28.6 Å². The van der Waals surface area contributed by atoms with E-state index in [1.54, 1.807) is 43.5 Å². The first-order valence-electron chi connectivity index (χ1n) is 9.09. The predicted molar refractivity (Wildman–Crippen MR) is 111 cm³/mol. The molecule has 0 atom stereocenters. The molecule has 0 radical (unpaired) electrons. The van der Waals surface area contributed by atoms with Gasteiger partial charge < -0.3 is 14.6 Å². The maximum absolute atomic E-state index is 12.4. The molecule has 0 saturated carbocycles. The summed E-state index contributed by atoms with van der Waals surface area (Å²) in [5.74, 6) is 1.47. The van der Waals surface area contributed by atoms with Crippen molar-refractivity contribution in [3.05, 3.63) is 83.9 Å². The largest absolute Gasteiger partial charge is 0.497 e. The number of benzene rings is 3. The van der Waals surface area contributed by atoms with Crippen LogP contribution in [0, 0.1) is 6.92 Å². The summed E-state index contributed by atoms with van der Waals surface area (Å²) < 4.78 is 10.5. The number of ether oxygens (including phenoxy) is 1. The fourth-order valence-electron chi connectivity index (χ4n) is 2.80. The van der Waals surface area contributed by atoms with E-state index in [4.69, 9.17) is 9.26 Å². The summed E-state index contributed by atoms with van der Waals surface area (Å²) in [6.07, 6.45) is 0. The van der Waals surface area contributed by atoms with Crippen LogP contribution in [0.25, 0.3) is 22.8 Å². The Kier molecular flexibility index (Phi) is 5.07. The summed E-state index contributed by atoms with van der Waals surface area (Å²) in [5.41, 5.74) is 4.07. The quantitative estimate of drug-likeness (QED) is 0.525. The van der Waals surface area contributed by atoms with Crippen molar-refractivity contribution >= 4 is 11.6 Å². The maximum atomic E-state index is 12.4. The second kappa shape index (κ2) is 7.98. The van der Waals surface area contributed by atoms with Crippen LogP contribution in [0.1, 0.15) is 15.9 Å². The topological polar surface area (TPSA) is 77.2 Å². The van der Waals surface area contributed by atoms with Crippen molar-refractivity contribution in [2.24, 2.45) is 0 Å². The SMILES string of the molecule is COc1ccc(C(=O)Nc2ccc(-c3nc(-c4ccc(C)cc4)no3)cc2)cc1. The lowest BCUT2D eigenvalue weighted by Gasteiger charge is -2.06. The van der Waals surface area contributed by atoms with Crippen LogP contribution in [-0.2, 0) is 0 Å². The van der Waals surface area contributed by atoms with Crippen LogP contribution in [0.5, 0.6) is 5.75 Å². The second-order valence-corrected chi connectivity index (χ2v) is 6.55. The molecule has 144 valence electrons. The van der Waals surface area contributed by atoms with E-state index in [1.165, 1.54) is 5.56 Å². The van der Waals surface area contributed by atoms with Gasteiger partial charge in [-0.3, -0.25) is 4.79 Å². The molecule has 4 aromatic rings. The lowest BCUT2D eigenvalue weighted by molar-refractivity contribution is 0.102. The smallest absolute Gasteiger partial charge is 0.258 e. The summed E-state index contributed by atoms with van der Waals surface area (Å²) in [6, 6.07) is 22.1. The zero-order valence-electron chi connectivity index (χ0n) is 16.0. The average Bonchev–Trinajstić information content (AvgIpc) is 3.25. The molecule has 0 aliphatic carbocycles. The zero-order valence-corrected chi connectivity index (χ0v) is 16.0. The van der Waals surface area contributed by atoms with Gasteiger partial charge in [-0.15, -0.1) is 0 Å². The molecule has 6 heteroatoms. The number of hydrogen-bond acceptors (Lipinski definition) is 5. The van der Waals surface area contributed by atoms with Gasteiger partial charge in [-0.25, -0.2) is 0 Å². The molecular formula is C23H19N3O3. The summed E-state index contributed by atoms with van der Waals surface area (Å²) >= 11 is 0. The van der Waals surface area contributed by atoms with E-state index < -0.39 is 0 Å². The van der Waals surface area contributed by atoms with E-state index in [9.17, 15) is 4.79 Å². The Hall–Kier alpha value is -3.93. The zero-order chi connectivity index (χ0) is 20.2. The number of aromatic nitrogens is 2. The van der Waals surface area contributed by atoms with E-state index >= 15 is 0 Å². The molecular weight excluding hydrogens is 366 g/mol. The Morgan fingerprint density at radius 3 is 2.21 bits per heavy atom. The van der Waals surface area contributed by atoms with Crippen LogP contribution in [0.3, 0.4) is 0 Å². The van der Waals surface area contributed by atoms with Crippen LogP contribution in [0.15, 0.2) is 77.3 Å². The van der Waals surface area contributed by atoms with Gasteiger partial charge in [0.1, 0.15) is 5.75 Å². The van der Waals surface area contributed by atoms with Gasteiger partial charge in [-0.05, 0) is 55.5 Å². The second-order valence-electron chi connectivity index (χ2n) is 6.55. The first-order valence-corrected chi connectivity index (χ1v) is 9.09. The normalized spacial score (nSPS) is 10.6. The Morgan fingerprint density at radius 1 is 0.897 bits per heavy atom. The lowest BCUT2D eigenvalue weighted by atomic mass is 10.1. The third kappa shape index (κ3) is 4.16. The Bertz CT molecular complexity index is 1120. The van der Waals surface area contributed by atoms with Crippen molar-refractivity contribution in [3.63, 3.8) is 0 Å². The van der Waals surface area contributed by atoms with Crippen molar-refractivity contribution in [1.82, 2.24) is 10.1 Å². The van der Waals surface area contributed by atoms with Crippen LogP contribution in [0.2, 0.25) is 0 Å². The minimum Gasteiger partial charge on any atom is -0.497 e. The highest BCUT2D eigenvalue weighted by atomic mass is 16.5. The van der Waals surface area contributed by atoms with Gasteiger partial charge in [0.15, 0.2) is 0 Å². The molecule has 3 aromatic carbocycles. The number of hydrogen-bond donors (Lipinski definition) is 1. The molecule has 0 fully saturated rings. The molecule has 6 nitrogen and oxygen atoms in total. The molecule has 4 rings (SSSR count). The molecule has 0 unspecified atom stereocenters. The van der Waals surface area contributed by atoms with Crippen LogP contribution < -0.4 is 10.1 Å². The Morgan fingerprint density at radius 2 is 1.55 bits per heavy atom. The Balaban J connectivity index is 1.46. The highest BCUT2D eigenvalue weighted by Crippen LogP contribution is 2.24. The highest BCUT2D eigenvalue weighted by molar-refractivity contribution is 6.04. The number of aryl methyl sites for hydroxylation is 1. The summed E-state index contributed by atoms with van der Waals surface area (Å²) in [5, 5.41) is 6.92. The van der Waals surface area contributed by atoms with Gasteiger partial charge in [0, 0.05) is 22.4 Å². The first kappa shape index (κ1) is 18.4. The van der Waals surface area contributed by atoms with Crippen molar-refractivity contribution in [1.29, 1.82) is 0 Å². The van der Waals surface area contributed by atoms with Crippen molar-refractivity contribution < 1.29 is 14.1 Å². The number of rotatable bonds is 5. The minimum absolute atomic E-state index is 0.195. The van der Waals surface area contributed by atoms with Gasteiger partial charge in [-0.1, -0.05) is 35.0 Å². The molecule has 1 heterocycles. The molecule has 0 aliphatic heterocycles. The maximum Gasteiger partial charge on any atom is 0.258 e. The molecule has 0 aliphatic rings. The van der Waals surface area contributed by atoms with E-state index in [0.717, 1.165) is 11.1 Å². The fourth-order valence-corrected chi connectivity index (χ4v) is 2.80. The summed E-state index contributed by atoms with van der Waals surface area (Å²) in [7, 11) is 1.59. The third-order valence-corrected chi connectivity index (χ3v) is 4.48. The van der Waals surface area contributed by atoms with E-state index in [-0.39, 0.29) is 5.91 Å². The molecule has 1 N–H and O–H groups in total. The molecule has 0 spiro atoms. The van der Waals surface area contributed by atoms with Crippen LogP contribution in [0.4, 0.5) is 5.69 Å². The van der Waals surface area contributed by atoms with Gasteiger partial charge in [0.2, 0.25) is 5.82 Å².